The number of benzene rings is 2. The van der Waals surface area contributed by atoms with E-state index in [1.165, 1.54) is 48.4 Å². The third kappa shape index (κ3) is 4.31. The minimum atomic E-state index is 0.645. The van der Waals surface area contributed by atoms with Crippen LogP contribution in [0.3, 0.4) is 0 Å². The van der Waals surface area contributed by atoms with Gasteiger partial charge >= 0.3 is 0 Å². The Kier molecular flexibility index (Phi) is 4.92. The molecule has 1 atom stereocenters. The van der Waals surface area contributed by atoms with Crippen LogP contribution in [0.1, 0.15) is 44.6 Å². The van der Waals surface area contributed by atoms with Gasteiger partial charge in [-0.2, -0.15) is 0 Å². The van der Waals surface area contributed by atoms with Crippen LogP contribution in [-0.2, 0) is 6.42 Å². The fourth-order valence-corrected chi connectivity index (χ4v) is 3.12. The van der Waals surface area contributed by atoms with Gasteiger partial charge in [-0.25, -0.2) is 0 Å². The van der Waals surface area contributed by atoms with E-state index in [0.717, 1.165) is 18.9 Å². The molecule has 1 aliphatic carbocycles. The lowest BCUT2D eigenvalue weighted by molar-refractivity contribution is 0.452. The van der Waals surface area contributed by atoms with Gasteiger partial charge in [0.1, 0.15) is 0 Å². The summed E-state index contributed by atoms with van der Waals surface area (Å²) in [5.74, 6) is 1.03. The summed E-state index contributed by atoms with van der Waals surface area (Å²) in [5, 5.41) is 6.46. The van der Waals surface area contributed by atoms with Gasteiger partial charge in [0, 0.05) is 6.04 Å². The quantitative estimate of drug-likeness (QED) is 0.722. The fourth-order valence-electron chi connectivity index (χ4n) is 3.12. The van der Waals surface area contributed by atoms with E-state index in [-0.39, 0.29) is 0 Å². The first-order valence-corrected chi connectivity index (χ1v) is 8.56. The summed E-state index contributed by atoms with van der Waals surface area (Å²) in [7, 11) is 0. The van der Waals surface area contributed by atoms with E-state index in [1.54, 1.807) is 0 Å². The van der Waals surface area contributed by atoms with Crippen molar-refractivity contribution in [3.8, 4) is 0 Å². The number of hydrogen-bond donors (Lipinski definition) is 1. The van der Waals surface area contributed by atoms with Gasteiger partial charge in [0.25, 0.3) is 0 Å². The van der Waals surface area contributed by atoms with Crippen LogP contribution in [0.4, 0.5) is 0 Å². The lowest BCUT2D eigenvalue weighted by Crippen LogP contribution is -2.31. The van der Waals surface area contributed by atoms with Gasteiger partial charge in [-0.1, -0.05) is 62.2 Å². The van der Waals surface area contributed by atoms with Gasteiger partial charge in [0.15, 0.2) is 0 Å². The predicted octanol–water partition coefficient (Wildman–Crippen LogP) is 4.94. The topological polar surface area (TPSA) is 12.0 Å². The molecule has 1 unspecified atom stereocenters. The molecule has 3 rings (SSSR count). The van der Waals surface area contributed by atoms with E-state index >= 15 is 0 Å². The lowest BCUT2D eigenvalue weighted by atomic mass is 9.98. The van der Waals surface area contributed by atoms with E-state index < -0.39 is 0 Å². The Balaban J connectivity index is 1.66. The summed E-state index contributed by atoms with van der Waals surface area (Å²) < 4.78 is 0. The van der Waals surface area contributed by atoms with Crippen molar-refractivity contribution < 1.29 is 0 Å². The number of nitrogens with one attached hydrogen (secondary N) is 1. The molecule has 1 aliphatic rings. The second-order valence-corrected chi connectivity index (χ2v) is 6.56. The van der Waals surface area contributed by atoms with Crippen molar-refractivity contribution in [1.82, 2.24) is 5.32 Å². The average molecular weight is 281 g/mol. The van der Waals surface area contributed by atoms with Crippen LogP contribution < -0.4 is 5.32 Å². The average Bonchev–Trinajstić information content (AvgIpc) is 3.34. The summed E-state index contributed by atoms with van der Waals surface area (Å²) in [6.07, 6.45) is 8.06. The zero-order valence-electron chi connectivity index (χ0n) is 13.1. The van der Waals surface area contributed by atoms with Gasteiger partial charge in [-0.15, -0.1) is 0 Å². The first kappa shape index (κ1) is 14.6. The summed E-state index contributed by atoms with van der Waals surface area (Å²) in [5.41, 5.74) is 1.47. The van der Waals surface area contributed by atoms with Gasteiger partial charge in [0.05, 0.1) is 0 Å². The van der Waals surface area contributed by atoms with Gasteiger partial charge < -0.3 is 5.32 Å². The lowest BCUT2D eigenvalue weighted by Gasteiger charge is -2.19. The molecule has 0 heterocycles. The number of fused-ring (bicyclic) bond motifs is 1. The molecule has 0 aliphatic heterocycles. The number of rotatable bonds is 8. The Morgan fingerprint density at radius 3 is 2.67 bits per heavy atom. The van der Waals surface area contributed by atoms with Crippen LogP contribution in [0, 0.1) is 5.92 Å². The normalized spacial score (nSPS) is 16.2. The summed E-state index contributed by atoms with van der Waals surface area (Å²) in [6, 6.07) is 16.2. The zero-order chi connectivity index (χ0) is 14.5. The molecule has 0 radical (unpaired) electrons. The standard InChI is InChI=1S/C20H27N/c1-2-13-21-20(12-10-16-7-8-16)15-17-9-11-18-5-3-4-6-19(18)14-17/h3-6,9,11,14,16,20-21H,2,7-8,10,12-13,15H2,1H3. The third-order valence-corrected chi connectivity index (χ3v) is 4.60. The van der Waals surface area contributed by atoms with Crippen molar-refractivity contribution in [1.29, 1.82) is 0 Å². The van der Waals surface area contributed by atoms with Crippen LogP contribution in [0.25, 0.3) is 10.8 Å². The molecule has 21 heavy (non-hydrogen) atoms. The van der Waals surface area contributed by atoms with Crippen molar-refractivity contribution in [3.05, 3.63) is 48.0 Å². The van der Waals surface area contributed by atoms with Crippen LogP contribution >= 0.6 is 0 Å². The van der Waals surface area contributed by atoms with Gasteiger partial charge in [0.2, 0.25) is 0 Å². The molecule has 0 bridgehead atoms. The van der Waals surface area contributed by atoms with Crippen LogP contribution in [-0.4, -0.2) is 12.6 Å². The van der Waals surface area contributed by atoms with E-state index in [2.05, 4.69) is 54.7 Å². The van der Waals surface area contributed by atoms with Crippen molar-refractivity contribution in [3.63, 3.8) is 0 Å². The highest BCUT2D eigenvalue weighted by Crippen LogP contribution is 2.34. The smallest absolute Gasteiger partial charge is 0.0108 e. The maximum Gasteiger partial charge on any atom is 0.0108 e. The third-order valence-electron chi connectivity index (χ3n) is 4.60. The predicted molar refractivity (Wildman–Crippen MR) is 91.7 cm³/mol. The molecule has 2 aromatic carbocycles. The Morgan fingerprint density at radius 1 is 1.10 bits per heavy atom. The van der Waals surface area contributed by atoms with Gasteiger partial charge in [-0.05, 0) is 54.5 Å². The van der Waals surface area contributed by atoms with Crippen LogP contribution in [0.2, 0.25) is 0 Å². The van der Waals surface area contributed by atoms with E-state index in [1.807, 2.05) is 0 Å². The molecule has 1 nitrogen and oxygen atoms in total. The van der Waals surface area contributed by atoms with Crippen LogP contribution in [0.5, 0.6) is 0 Å². The summed E-state index contributed by atoms with van der Waals surface area (Å²) >= 11 is 0. The zero-order valence-corrected chi connectivity index (χ0v) is 13.1. The van der Waals surface area contributed by atoms with E-state index in [4.69, 9.17) is 0 Å². The molecule has 112 valence electrons. The molecule has 1 N–H and O–H groups in total. The van der Waals surface area contributed by atoms with Gasteiger partial charge in [-0.3, -0.25) is 0 Å². The van der Waals surface area contributed by atoms with Crippen molar-refractivity contribution in [2.24, 2.45) is 5.92 Å². The molecular formula is C20H27N. The molecule has 0 aromatic heterocycles. The molecule has 0 saturated heterocycles. The maximum absolute atomic E-state index is 3.75. The SMILES string of the molecule is CCCNC(CCC1CC1)Cc1ccc2ccccc2c1. The second kappa shape index (κ2) is 7.09. The second-order valence-electron chi connectivity index (χ2n) is 6.56. The first-order valence-electron chi connectivity index (χ1n) is 8.56. The Bertz CT molecular complexity index is 571. The maximum atomic E-state index is 3.75. The minimum Gasteiger partial charge on any atom is -0.314 e. The molecule has 1 saturated carbocycles. The Hall–Kier alpha value is -1.34. The fraction of sp³-hybridized carbons (Fsp3) is 0.500. The first-order chi connectivity index (χ1) is 10.3. The van der Waals surface area contributed by atoms with Crippen LogP contribution in [0.15, 0.2) is 42.5 Å². The highest BCUT2D eigenvalue weighted by atomic mass is 14.9. The van der Waals surface area contributed by atoms with E-state index in [9.17, 15) is 0 Å². The molecule has 0 spiro atoms. The van der Waals surface area contributed by atoms with Crippen molar-refractivity contribution >= 4 is 10.8 Å². The largest absolute Gasteiger partial charge is 0.314 e. The van der Waals surface area contributed by atoms with E-state index in [0.29, 0.717) is 6.04 Å². The Labute approximate surface area is 128 Å². The highest BCUT2D eigenvalue weighted by Gasteiger charge is 2.22. The summed E-state index contributed by atoms with van der Waals surface area (Å²) in [6.45, 7) is 3.39. The van der Waals surface area contributed by atoms with Crippen molar-refractivity contribution in [2.45, 2.75) is 51.5 Å². The molecule has 0 amide bonds. The minimum absolute atomic E-state index is 0.645. The molecule has 1 fully saturated rings. The Morgan fingerprint density at radius 2 is 1.90 bits per heavy atom. The highest BCUT2D eigenvalue weighted by molar-refractivity contribution is 5.82. The molecule has 1 heteroatoms. The molecular weight excluding hydrogens is 254 g/mol. The summed E-state index contributed by atoms with van der Waals surface area (Å²) in [4.78, 5) is 0. The molecule has 2 aromatic rings. The monoisotopic (exact) mass is 281 g/mol. The van der Waals surface area contributed by atoms with Crippen molar-refractivity contribution in [2.75, 3.05) is 6.54 Å². The number of hydrogen-bond acceptors (Lipinski definition) is 1.